The quantitative estimate of drug-likeness (QED) is 0.879. The van der Waals surface area contributed by atoms with E-state index in [1.165, 1.54) is 12.1 Å². The lowest BCUT2D eigenvalue weighted by Gasteiger charge is -2.32. The Hall–Kier alpha value is -1.11. The minimum Gasteiger partial charge on any atom is -0.341 e. The van der Waals surface area contributed by atoms with E-state index in [4.69, 9.17) is 11.6 Å². The molecule has 1 aromatic carbocycles. The van der Waals surface area contributed by atoms with Crippen LogP contribution in [0.3, 0.4) is 0 Å². The molecule has 1 fully saturated rings. The summed E-state index contributed by atoms with van der Waals surface area (Å²) >= 11 is 5.87. The average molecular weight is 359 g/mol. The van der Waals surface area contributed by atoms with E-state index in [0.29, 0.717) is 18.1 Å². The summed E-state index contributed by atoms with van der Waals surface area (Å²) in [5, 5.41) is 0.344. The lowest BCUT2D eigenvalue weighted by molar-refractivity contribution is -0.134. The number of rotatable bonds is 5. The molecule has 0 bridgehead atoms. The van der Waals surface area contributed by atoms with Gasteiger partial charge in [0.05, 0.1) is 4.90 Å². The Balaban J connectivity index is 2.19. The van der Waals surface area contributed by atoms with Crippen LogP contribution >= 0.6 is 11.6 Å². The van der Waals surface area contributed by atoms with Crippen LogP contribution < -0.4 is 4.72 Å². The summed E-state index contributed by atoms with van der Waals surface area (Å²) in [5.41, 5.74) is 0. The third-order valence-electron chi connectivity index (χ3n) is 3.99. The van der Waals surface area contributed by atoms with E-state index in [2.05, 4.69) is 4.72 Å². The SMILES string of the molecule is CC(C)[C@@H](NS(=O)(=O)c1cccc(Cl)c1)C(=O)N1CCCCC1. The molecule has 1 heterocycles. The number of sulfonamides is 1. The molecule has 0 spiro atoms. The molecule has 0 unspecified atom stereocenters. The number of piperidine rings is 1. The maximum Gasteiger partial charge on any atom is 0.241 e. The lowest BCUT2D eigenvalue weighted by atomic mass is 10.0. The second-order valence-electron chi connectivity index (χ2n) is 6.19. The molecule has 1 saturated heterocycles. The number of carbonyl (C=O) groups is 1. The molecular formula is C16H23ClN2O3S. The van der Waals surface area contributed by atoms with Gasteiger partial charge < -0.3 is 4.90 Å². The van der Waals surface area contributed by atoms with E-state index < -0.39 is 16.1 Å². The fraction of sp³-hybridized carbons (Fsp3) is 0.562. The first-order chi connectivity index (χ1) is 10.8. The number of carbonyl (C=O) groups excluding carboxylic acids is 1. The summed E-state index contributed by atoms with van der Waals surface area (Å²) in [5.74, 6) is -0.288. The van der Waals surface area contributed by atoms with Gasteiger partial charge in [-0.25, -0.2) is 8.42 Å². The van der Waals surface area contributed by atoms with Crippen LogP contribution in [0, 0.1) is 5.92 Å². The Morgan fingerprint density at radius 1 is 1.22 bits per heavy atom. The van der Waals surface area contributed by atoms with Gasteiger partial charge >= 0.3 is 0 Å². The fourth-order valence-corrected chi connectivity index (χ4v) is 4.29. The third-order valence-corrected chi connectivity index (χ3v) is 5.66. The van der Waals surface area contributed by atoms with E-state index in [-0.39, 0.29) is 16.7 Å². The highest BCUT2D eigenvalue weighted by atomic mass is 35.5. The molecule has 1 atom stereocenters. The number of nitrogens with zero attached hydrogens (tertiary/aromatic N) is 1. The smallest absolute Gasteiger partial charge is 0.241 e. The van der Waals surface area contributed by atoms with E-state index >= 15 is 0 Å². The zero-order valence-corrected chi connectivity index (χ0v) is 15.0. The number of likely N-dealkylation sites (tertiary alicyclic amines) is 1. The second kappa shape index (κ2) is 7.64. The van der Waals surface area contributed by atoms with Gasteiger partial charge in [0.1, 0.15) is 6.04 Å². The van der Waals surface area contributed by atoms with E-state index in [1.807, 2.05) is 13.8 Å². The Bertz CT molecular complexity index is 655. The minimum atomic E-state index is -3.79. The predicted molar refractivity (Wildman–Crippen MR) is 90.8 cm³/mol. The zero-order chi connectivity index (χ0) is 17.0. The third kappa shape index (κ3) is 4.68. The summed E-state index contributed by atoms with van der Waals surface area (Å²) in [6.07, 6.45) is 3.06. The number of benzene rings is 1. The van der Waals surface area contributed by atoms with Crippen LogP contribution in [-0.4, -0.2) is 38.4 Å². The first kappa shape index (κ1) is 18.2. The molecule has 1 aliphatic rings. The van der Waals surface area contributed by atoms with Crippen molar-refractivity contribution in [3.63, 3.8) is 0 Å². The number of nitrogens with one attached hydrogen (secondary N) is 1. The maximum atomic E-state index is 12.7. The summed E-state index contributed by atoms with van der Waals surface area (Å²) in [6, 6.07) is 5.27. The molecule has 2 rings (SSSR count). The standard InChI is InChI=1S/C16H23ClN2O3S/c1-12(2)15(16(20)19-9-4-3-5-10-19)18-23(21,22)14-8-6-7-13(17)11-14/h6-8,11-12,15,18H,3-5,9-10H2,1-2H3/t15-/m1/s1. The number of hydrogen-bond acceptors (Lipinski definition) is 3. The van der Waals surface area contributed by atoms with Gasteiger partial charge in [-0.05, 0) is 43.4 Å². The van der Waals surface area contributed by atoms with E-state index in [1.54, 1.807) is 17.0 Å². The Morgan fingerprint density at radius 3 is 2.43 bits per heavy atom. The fourth-order valence-electron chi connectivity index (χ4n) is 2.65. The van der Waals surface area contributed by atoms with Crippen molar-refractivity contribution in [2.24, 2.45) is 5.92 Å². The van der Waals surface area contributed by atoms with E-state index in [0.717, 1.165) is 19.3 Å². The number of amides is 1. The van der Waals surface area contributed by atoms with Crippen molar-refractivity contribution in [1.29, 1.82) is 0 Å². The van der Waals surface area contributed by atoms with Crippen molar-refractivity contribution >= 4 is 27.5 Å². The minimum absolute atomic E-state index is 0.0714. The molecule has 128 valence electrons. The number of hydrogen-bond donors (Lipinski definition) is 1. The van der Waals surface area contributed by atoms with Crippen LogP contribution in [-0.2, 0) is 14.8 Å². The van der Waals surface area contributed by atoms with Gasteiger partial charge in [-0.15, -0.1) is 0 Å². The van der Waals surface area contributed by atoms with Crippen LogP contribution in [0.15, 0.2) is 29.2 Å². The molecule has 0 saturated carbocycles. The molecule has 1 aromatic rings. The maximum absolute atomic E-state index is 12.7. The van der Waals surface area contributed by atoms with Gasteiger partial charge in [0, 0.05) is 18.1 Å². The molecule has 7 heteroatoms. The molecule has 5 nitrogen and oxygen atoms in total. The normalized spacial score (nSPS) is 17.3. The summed E-state index contributed by atoms with van der Waals surface area (Å²) < 4.78 is 27.6. The van der Waals surface area contributed by atoms with Crippen molar-refractivity contribution in [2.75, 3.05) is 13.1 Å². The first-order valence-corrected chi connectivity index (χ1v) is 9.74. The highest BCUT2D eigenvalue weighted by molar-refractivity contribution is 7.89. The van der Waals surface area contributed by atoms with Gasteiger partial charge in [-0.1, -0.05) is 31.5 Å². The van der Waals surface area contributed by atoms with Gasteiger partial charge in [-0.3, -0.25) is 4.79 Å². The van der Waals surface area contributed by atoms with Crippen molar-refractivity contribution in [3.05, 3.63) is 29.3 Å². The van der Waals surface area contributed by atoms with Crippen molar-refractivity contribution < 1.29 is 13.2 Å². The van der Waals surface area contributed by atoms with E-state index in [9.17, 15) is 13.2 Å². The van der Waals surface area contributed by atoms with Gasteiger partial charge in [0.15, 0.2) is 0 Å². The van der Waals surface area contributed by atoms with Crippen molar-refractivity contribution in [1.82, 2.24) is 9.62 Å². The molecular weight excluding hydrogens is 336 g/mol. The Kier molecular flexibility index (Phi) is 6.06. The topological polar surface area (TPSA) is 66.5 Å². The highest BCUT2D eigenvalue weighted by Gasteiger charge is 2.32. The zero-order valence-electron chi connectivity index (χ0n) is 13.5. The monoisotopic (exact) mass is 358 g/mol. The van der Waals surface area contributed by atoms with Gasteiger partial charge in [0.2, 0.25) is 15.9 Å². The molecule has 1 aliphatic heterocycles. The van der Waals surface area contributed by atoms with Crippen LogP contribution in [0.25, 0.3) is 0 Å². The van der Waals surface area contributed by atoms with Crippen LogP contribution in [0.1, 0.15) is 33.1 Å². The van der Waals surface area contributed by atoms with Crippen LogP contribution in [0.5, 0.6) is 0 Å². The lowest BCUT2D eigenvalue weighted by Crippen LogP contribution is -2.52. The second-order valence-corrected chi connectivity index (χ2v) is 8.34. The average Bonchev–Trinajstić information content (AvgIpc) is 2.52. The molecule has 1 amide bonds. The van der Waals surface area contributed by atoms with Crippen LogP contribution in [0.2, 0.25) is 5.02 Å². The molecule has 0 aliphatic carbocycles. The largest absolute Gasteiger partial charge is 0.341 e. The Morgan fingerprint density at radius 2 is 1.87 bits per heavy atom. The summed E-state index contributed by atoms with van der Waals surface area (Å²) in [6.45, 7) is 5.07. The van der Waals surface area contributed by atoms with Crippen molar-refractivity contribution in [2.45, 2.75) is 44.0 Å². The van der Waals surface area contributed by atoms with Crippen molar-refractivity contribution in [3.8, 4) is 0 Å². The van der Waals surface area contributed by atoms with Crippen LogP contribution in [0.4, 0.5) is 0 Å². The molecule has 0 aromatic heterocycles. The first-order valence-electron chi connectivity index (χ1n) is 7.88. The highest BCUT2D eigenvalue weighted by Crippen LogP contribution is 2.18. The van der Waals surface area contributed by atoms with Gasteiger partial charge in [0.25, 0.3) is 0 Å². The molecule has 23 heavy (non-hydrogen) atoms. The summed E-state index contributed by atoms with van der Waals surface area (Å²) in [4.78, 5) is 14.5. The predicted octanol–water partition coefficient (Wildman–Crippen LogP) is 2.66. The Labute approximate surface area is 143 Å². The summed E-state index contributed by atoms with van der Waals surface area (Å²) in [7, 11) is -3.79. The molecule has 1 N–H and O–H groups in total. The molecule has 0 radical (unpaired) electrons. The number of halogens is 1. The van der Waals surface area contributed by atoms with Gasteiger partial charge in [-0.2, -0.15) is 4.72 Å².